The van der Waals surface area contributed by atoms with E-state index in [0.717, 1.165) is 39.1 Å². The monoisotopic (exact) mass is 379 g/mol. The summed E-state index contributed by atoms with van der Waals surface area (Å²) in [6, 6.07) is 16.0. The highest BCUT2D eigenvalue weighted by Gasteiger charge is 2.14. The molecular formula is C23H29N3O2. The van der Waals surface area contributed by atoms with Crippen molar-refractivity contribution in [2.75, 3.05) is 37.4 Å². The molecule has 0 aliphatic carbocycles. The zero-order chi connectivity index (χ0) is 19.8. The molecule has 1 aliphatic heterocycles. The van der Waals surface area contributed by atoms with Gasteiger partial charge in [0.2, 0.25) is 5.91 Å². The van der Waals surface area contributed by atoms with Crippen LogP contribution < -0.4 is 11.1 Å². The molecule has 0 saturated carbocycles. The molecule has 28 heavy (non-hydrogen) atoms. The number of amides is 1. The average Bonchev–Trinajstić information content (AvgIpc) is 2.72. The highest BCUT2D eigenvalue weighted by atomic mass is 16.5. The van der Waals surface area contributed by atoms with Crippen molar-refractivity contribution in [2.24, 2.45) is 0 Å². The van der Waals surface area contributed by atoms with Gasteiger partial charge in [-0.1, -0.05) is 42.5 Å². The number of ether oxygens (including phenoxy) is 1. The number of nitrogens with two attached hydrogens (primary N) is 1. The predicted molar refractivity (Wildman–Crippen MR) is 115 cm³/mol. The summed E-state index contributed by atoms with van der Waals surface area (Å²) in [5.41, 5.74) is 10.9. The number of hydrogen-bond acceptors (Lipinski definition) is 4. The summed E-state index contributed by atoms with van der Waals surface area (Å²) < 4.78 is 5.45. The molecule has 5 heteroatoms. The molecule has 1 aliphatic rings. The number of allylic oxidation sites excluding steroid dienone is 1. The van der Waals surface area contributed by atoms with Gasteiger partial charge in [0.25, 0.3) is 0 Å². The number of benzene rings is 2. The summed E-state index contributed by atoms with van der Waals surface area (Å²) in [6.07, 6.45) is 4.32. The lowest BCUT2D eigenvalue weighted by atomic mass is 10.0. The number of anilines is 2. The first-order valence-electron chi connectivity index (χ1n) is 9.90. The fourth-order valence-electron chi connectivity index (χ4n) is 3.45. The third-order valence-corrected chi connectivity index (χ3v) is 4.98. The van der Waals surface area contributed by atoms with E-state index in [1.165, 1.54) is 16.8 Å². The van der Waals surface area contributed by atoms with E-state index in [4.69, 9.17) is 10.5 Å². The molecule has 0 radical (unpaired) electrons. The van der Waals surface area contributed by atoms with Crippen LogP contribution in [0.2, 0.25) is 0 Å². The Kier molecular flexibility index (Phi) is 7.09. The van der Waals surface area contributed by atoms with Gasteiger partial charge in [0, 0.05) is 25.2 Å². The topological polar surface area (TPSA) is 67.6 Å². The minimum Gasteiger partial charge on any atom is -0.397 e. The fourth-order valence-corrected chi connectivity index (χ4v) is 3.45. The summed E-state index contributed by atoms with van der Waals surface area (Å²) in [6.45, 7) is 5.51. The van der Waals surface area contributed by atoms with Crippen molar-refractivity contribution in [3.8, 4) is 0 Å². The number of nitrogen functional groups attached to an aromatic ring is 1. The number of morpholine rings is 1. The minimum atomic E-state index is -0.00181. The van der Waals surface area contributed by atoms with Crippen molar-refractivity contribution in [3.05, 3.63) is 65.7 Å². The van der Waals surface area contributed by atoms with Crippen molar-refractivity contribution in [3.63, 3.8) is 0 Å². The van der Waals surface area contributed by atoms with Crippen LogP contribution in [-0.2, 0) is 16.0 Å². The Labute approximate surface area is 167 Å². The van der Waals surface area contributed by atoms with E-state index in [0.29, 0.717) is 17.8 Å². The molecule has 3 N–H and O–H groups in total. The van der Waals surface area contributed by atoms with E-state index in [9.17, 15) is 4.79 Å². The lowest BCUT2D eigenvalue weighted by Crippen LogP contribution is -2.34. The van der Waals surface area contributed by atoms with Crippen LogP contribution in [0.5, 0.6) is 0 Å². The molecule has 0 unspecified atom stereocenters. The van der Waals surface area contributed by atoms with Gasteiger partial charge in [-0.3, -0.25) is 4.79 Å². The Bertz CT molecular complexity index is 809. The Balaban J connectivity index is 1.49. The number of rotatable bonds is 7. The second-order valence-corrected chi connectivity index (χ2v) is 6.96. The van der Waals surface area contributed by atoms with E-state index < -0.39 is 0 Å². The van der Waals surface area contributed by atoms with Crippen molar-refractivity contribution in [2.45, 2.75) is 26.2 Å². The van der Waals surface area contributed by atoms with Gasteiger partial charge in [-0.25, -0.2) is 0 Å². The van der Waals surface area contributed by atoms with Crippen LogP contribution in [0.15, 0.2) is 54.6 Å². The average molecular weight is 380 g/mol. The molecule has 2 aromatic carbocycles. The second kappa shape index (κ2) is 9.95. The normalized spacial score (nSPS) is 14.8. The van der Waals surface area contributed by atoms with Crippen molar-refractivity contribution in [1.29, 1.82) is 0 Å². The maximum Gasteiger partial charge on any atom is 0.224 e. The summed E-state index contributed by atoms with van der Waals surface area (Å²) in [4.78, 5) is 14.5. The smallest absolute Gasteiger partial charge is 0.224 e. The molecule has 0 spiro atoms. The van der Waals surface area contributed by atoms with Crippen LogP contribution in [0.4, 0.5) is 11.4 Å². The van der Waals surface area contributed by atoms with Crippen molar-refractivity contribution >= 4 is 23.0 Å². The first-order valence-corrected chi connectivity index (χ1v) is 9.90. The molecule has 0 atom stereocenters. The van der Waals surface area contributed by atoms with Gasteiger partial charge in [0.15, 0.2) is 0 Å². The minimum absolute atomic E-state index is 0.00181. The number of carbonyl (C=O) groups is 1. The third kappa shape index (κ3) is 5.36. The van der Waals surface area contributed by atoms with Gasteiger partial charge in [0.05, 0.1) is 24.6 Å². The van der Waals surface area contributed by atoms with E-state index >= 15 is 0 Å². The standard InChI is InChI=1S/C23H29N3O2/c1-2-22(26-14-16-28-17-15-26)19-12-10-18(11-13-19)6-5-9-23(27)25-21-8-4-3-7-20(21)24/h2-4,7-8,10-13H,5-6,9,14-17,24H2,1H3,(H,25,27). The Morgan fingerprint density at radius 1 is 1.14 bits per heavy atom. The molecule has 3 rings (SSSR count). The van der Waals surface area contributed by atoms with Crippen LogP contribution in [0, 0.1) is 0 Å². The first kappa shape index (κ1) is 20.0. The van der Waals surface area contributed by atoms with Gasteiger partial charge in [-0.2, -0.15) is 0 Å². The van der Waals surface area contributed by atoms with E-state index in [1.807, 2.05) is 18.2 Å². The largest absolute Gasteiger partial charge is 0.397 e. The molecule has 0 bridgehead atoms. The van der Waals surface area contributed by atoms with Gasteiger partial charge in [-0.15, -0.1) is 0 Å². The lowest BCUT2D eigenvalue weighted by Gasteiger charge is -2.31. The second-order valence-electron chi connectivity index (χ2n) is 6.96. The van der Waals surface area contributed by atoms with Crippen LogP contribution in [0.1, 0.15) is 30.9 Å². The zero-order valence-corrected chi connectivity index (χ0v) is 16.5. The van der Waals surface area contributed by atoms with Crippen LogP contribution in [0.3, 0.4) is 0 Å². The highest BCUT2D eigenvalue weighted by Crippen LogP contribution is 2.22. The van der Waals surface area contributed by atoms with Gasteiger partial charge < -0.3 is 20.7 Å². The third-order valence-electron chi connectivity index (χ3n) is 4.98. The highest BCUT2D eigenvalue weighted by molar-refractivity contribution is 5.93. The Morgan fingerprint density at radius 2 is 1.86 bits per heavy atom. The first-order chi connectivity index (χ1) is 13.7. The molecule has 2 aromatic rings. The maximum atomic E-state index is 12.1. The maximum absolute atomic E-state index is 12.1. The van der Waals surface area contributed by atoms with Crippen molar-refractivity contribution < 1.29 is 9.53 Å². The molecule has 0 aromatic heterocycles. The Morgan fingerprint density at radius 3 is 2.54 bits per heavy atom. The summed E-state index contributed by atoms with van der Waals surface area (Å²) in [5.74, 6) is -0.00181. The molecule has 1 amide bonds. The Hall–Kier alpha value is -2.79. The number of nitrogens with zero attached hydrogens (tertiary/aromatic N) is 1. The SMILES string of the molecule is CC=C(c1ccc(CCCC(=O)Nc2ccccc2N)cc1)N1CCOCC1. The van der Waals surface area contributed by atoms with Crippen LogP contribution in [-0.4, -0.2) is 37.1 Å². The molecule has 5 nitrogen and oxygen atoms in total. The van der Waals surface area contributed by atoms with E-state index in [2.05, 4.69) is 47.5 Å². The molecule has 1 saturated heterocycles. The summed E-state index contributed by atoms with van der Waals surface area (Å²) >= 11 is 0. The lowest BCUT2D eigenvalue weighted by molar-refractivity contribution is -0.116. The number of nitrogens with one attached hydrogen (secondary N) is 1. The van der Waals surface area contributed by atoms with Crippen LogP contribution in [0.25, 0.3) is 5.70 Å². The van der Waals surface area contributed by atoms with Gasteiger partial charge >= 0.3 is 0 Å². The number of carbonyl (C=O) groups excluding carboxylic acids is 1. The quantitative estimate of drug-likeness (QED) is 0.716. The number of para-hydroxylation sites is 2. The zero-order valence-electron chi connectivity index (χ0n) is 16.5. The van der Waals surface area contributed by atoms with Crippen molar-refractivity contribution in [1.82, 2.24) is 4.90 Å². The summed E-state index contributed by atoms with van der Waals surface area (Å²) in [7, 11) is 0. The molecule has 148 valence electrons. The van der Waals surface area contributed by atoms with Crippen LogP contribution >= 0.6 is 0 Å². The number of hydrogen-bond donors (Lipinski definition) is 2. The number of aryl methyl sites for hydroxylation is 1. The van der Waals surface area contributed by atoms with Gasteiger partial charge in [0.1, 0.15) is 0 Å². The molecular weight excluding hydrogens is 350 g/mol. The van der Waals surface area contributed by atoms with E-state index in [1.54, 1.807) is 6.07 Å². The predicted octanol–water partition coefficient (Wildman–Crippen LogP) is 3.92. The fraction of sp³-hybridized carbons (Fsp3) is 0.348. The van der Waals surface area contributed by atoms with E-state index in [-0.39, 0.29) is 5.91 Å². The molecule has 1 fully saturated rings. The molecule has 1 heterocycles. The van der Waals surface area contributed by atoms with Gasteiger partial charge in [-0.05, 0) is 43.0 Å². The summed E-state index contributed by atoms with van der Waals surface area (Å²) in [5, 5.41) is 2.88.